The van der Waals surface area contributed by atoms with E-state index in [-0.39, 0.29) is 30.6 Å². The normalized spacial score (nSPS) is 18.0. The molecule has 162 valence electrons. The van der Waals surface area contributed by atoms with Gasteiger partial charge >= 0.3 is 0 Å². The molecule has 0 amide bonds. The lowest BCUT2D eigenvalue weighted by atomic mass is 10.0. The van der Waals surface area contributed by atoms with Crippen LogP contribution in [0.4, 0.5) is 5.95 Å². The van der Waals surface area contributed by atoms with Crippen LogP contribution in [0.5, 0.6) is 5.75 Å². The molecule has 10 heteroatoms. The van der Waals surface area contributed by atoms with Gasteiger partial charge in [-0.05, 0) is 23.6 Å². The summed E-state index contributed by atoms with van der Waals surface area (Å²) in [5.41, 5.74) is 2.20. The maximum atomic E-state index is 10.5. The lowest BCUT2D eigenvalue weighted by molar-refractivity contribution is 0.365. The van der Waals surface area contributed by atoms with Crippen LogP contribution in [0.15, 0.2) is 36.8 Å². The molecular formula is C20H27Cl2N7O. The molecule has 2 N–H and O–H groups in total. The topological polar surface area (TPSA) is 92.0 Å². The van der Waals surface area contributed by atoms with Crippen molar-refractivity contribution in [3.8, 4) is 28.1 Å². The Morgan fingerprint density at radius 1 is 1.20 bits per heavy atom. The van der Waals surface area contributed by atoms with E-state index >= 15 is 0 Å². The molecule has 0 radical (unpaired) electrons. The fourth-order valence-electron chi connectivity index (χ4n) is 3.34. The Morgan fingerprint density at radius 2 is 2.03 bits per heavy atom. The number of hydrogen-bond donors (Lipinski definition) is 2. The van der Waals surface area contributed by atoms with Gasteiger partial charge in [-0.3, -0.25) is 4.68 Å². The number of aryl methyl sites for hydroxylation is 1. The van der Waals surface area contributed by atoms with Crippen LogP contribution in [0.2, 0.25) is 0 Å². The predicted octanol–water partition coefficient (Wildman–Crippen LogP) is 2.92. The summed E-state index contributed by atoms with van der Waals surface area (Å²) in [6.45, 7) is 4.53. The minimum Gasteiger partial charge on any atom is -0.507 e. The average molecular weight is 455 g/mol. The summed E-state index contributed by atoms with van der Waals surface area (Å²) in [4.78, 5) is 6.58. The number of piperazine rings is 1. The molecule has 1 aliphatic heterocycles. The van der Waals surface area contributed by atoms with Crippen LogP contribution in [-0.4, -0.2) is 55.7 Å². The van der Waals surface area contributed by atoms with E-state index in [1.54, 1.807) is 24.4 Å². The number of nitrogens with one attached hydrogen (secondary N) is 1. The first-order valence-corrected chi connectivity index (χ1v) is 9.29. The van der Waals surface area contributed by atoms with Crippen molar-refractivity contribution >= 4 is 30.8 Å². The molecule has 4 rings (SSSR count). The van der Waals surface area contributed by atoms with Crippen LogP contribution in [-0.2, 0) is 6.98 Å². The van der Waals surface area contributed by atoms with Gasteiger partial charge in [-0.2, -0.15) is 5.10 Å². The zero-order valence-electron chi connectivity index (χ0n) is 19.7. The number of aromatic hydroxyl groups is 1. The highest BCUT2D eigenvalue weighted by Gasteiger charge is 2.23. The summed E-state index contributed by atoms with van der Waals surface area (Å²) in [5.74, 6) is 1.09. The first-order valence-electron chi connectivity index (χ1n) is 10.8. The van der Waals surface area contributed by atoms with Crippen molar-refractivity contribution in [1.82, 2.24) is 30.3 Å². The van der Waals surface area contributed by atoms with E-state index < -0.39 is 6.98 Å². The van der Waals surface area contributed by atoms with Gasteiger partial charge in [0.2, 0.25) is 5.95 Å². The van der Waals surface area contributed by atoms with Crippen LogP contribution < -0.4 is 10.2 Å². The third-order valence-electron chi connectivity index (χ3n) is 5.03. The molecule has 1 aliphatic rings. The van der Waals surface area contributed by atoms with Crippen LogP contribution in [0.1, 0.15) is 18.0 Å². The zero-order valence-corrected chi connectivity index (χ0v) is 18.3. The summed E-state index contributed by atoms with van der Waals surface area (Å²) in [5, 5.41) is 26.5. The predicted molar refractivity (Wildman–Crippen MR) is 122 cm³/mol. The number of phenols is 1. The van der Waals surface area contributed by atoms with Crippen molar-refractivity contribution < 1.29 is 9.22 Å². The van der Waals surface area contributed by atoms with E-state index in [4.69, 9.17) is 4.11 Å². The molecule has 0 saturated carbocycles. The maximum Gasteiger partial charge on any atom is 0.245 e. The van der Waals surface area contributed by atoms with E-state index in [1.165, 1.54) is 12.4 Å². The number of phenolic OH excluding ortho intramolecular Hbond substituents is 1. The molecule has 2 aromatic heterocycles. The van der Waals surface area contributed by atoms with E-state index in [1.807, 2.05) is 0 Å². The quantitative estimate of drug-likeness (QED) is 0.625. The first kappa shape index (κ1) is 19.5. The average Bonchev–Trinajstić information content (AvgIpc) is 3.25. The summed E-state index contributed by atoms with van der Waals surface area (Å²) in [6.07, 6.45) is 4.49. The molecule has 1 saturated heterocycles. The van der Waals surface area contributed by atoms with Crippen molar-refractivity contribution in [2.45, 2.75) is 19.9 Å². The van der Waals surface area contributed by atoms with Crippen LogP contribution >= 0.6 is 24.8 Å². The SMILES string of the molecule is Cl.Cl.[2H]C([2H])([2H])n1cc(-c2ccc(-c3cnc(N4CCNC(C(C)C)C4)nn3)c(O)c2)cn1. The summed E-state index contributed by atoms with van der Waals surface area (Å²) in [7, 11) is 0. The highest BCUT2D eigenvalue weighted by Crippen LogP contribution is 2.32. The number of aromatic nitrogens is 5. The number of benzene rings is 1. The Bertz CT molecular complexity index is 1060. The molecule has 8 nitrogen and oxygen atoms in total. The molecule has 1 atom stereocenters. The van der Waals surface area contributed by atoms with Gasteiger partial charge in [-0.15, -0.1) is 35.0 Å². The Kier molecular flexibility index (Phi) is 6.55. The highest BCUT2D eigenvalue weighted by molar-refractivity contribution is 5.85. The zero-order chi connectivity index (χ0) is 22.2. The first-order chi connectivity index (χ1) is 14.7. The number of rotatable bonds is 4. The van der Waals surface area contributed by atoms with Gasteiger partial charge in [0.1, 0.15) is 11.4 Å². The van der Waals surface area contributed by atoms with Gasteiger partial charge in [0, 0.05) is 54.1 Å². The second-order valence-electron chi connectivity index (χ2n) is 7.30. The minimum atomic E-state index is -2.34. The molecule has 1 unspecified atom stereocenters. The summed E-state index contributed by atoms with van der Waals surface area (Å²) < 4.78 is 23.2. The van der Waals surface area contributed by atoms with Crippen LogP contribution in [0.25, 0.3) is 22.4 Å². The molecular weight excluding hydrogens is 425 g/mol. The Hall–Kier alpha value is -2.42. The Morgan fingerprint density at radius 3 is 2.67 bits per heavy atom. The van der Waals surface area contributed by atoms with Gasteiger partial charge in [0.15, 0.2) is 0 Å². The number of hydrogen-bond acceptors (Lipinski definition) is 7. The molecule has 1 fully saturated rings. The third-order valence-corrected chi connectivity index (χ3v) is 5.03. The molecule has 1 aromatic carbocycles. The van der Waals surface area contributed by atoms with Gasteiger partial charge < -0.3 is 15.3 Å². The third kappa shape index (κ3) is 5.00. The van der Waals surface area contributed by atoms with Crippen molar-refractivity contribution in [2.75, 3.05) is 24.5 Å². The van der Waals surface area contributed by atoms with Crippen molar-refractivity contribution in [2.24, 2.45) is 12.9 Å². The van der Waals surface area contributed by atoms with Gasteiger partial charge in [0.25, 0.3) is 0 Å². The standard InChI is InChI=1S/C20H25N7O.2ClH/c1-13(2)18-12-27(7-6-21-18)20-22-10-17(24-25-20)16-5-4-14(8-19(16)28)15-9-23-26(3)11-15;;/h4-5,8-11,13,18,21,28H,6-7,12H2,1-3H3;2*1H/i3D3;;. The van der Waals surface area contributed by atoms with E-state index in [9.17, 15) is 5.11 Å². The van der Waals surface area contributed by atoms with E-state index in [0.29, 0.717) is 40.3 Å². The molecule has 0 aliphatic carbocycles. The van der Waals surface area contributed by atoms with Crippen molar-refractivity contribution in [3.05, 3.63) is 36.8 Å². The highest BCUT2D eigenvalue weighted by atomic mass is 35.5. The second kappa shape index (κ2) is 10.1. The smallest absolute Gasteiger partial charge is 0.245 e. The minimum absolute atomic E-state index is 0. The second-order valence-corrected chi connectivity index (χ2v) is 7.30. The lowest BCUT2D eigenvalue weighted by Crippen LogP contribution is -2.53. The molecule has 3 aromatic rings. The molecule has 3 heterocycles. The van der Waals surface area contributed by atoms with Gasteiger partial charge in [-0.1, -0.05) is 19.9 Å². The number of halogens is 2. The maximum absolute atomic E-state index is 10.5. The van der Waals surface area contributed by atoms with Crippen molar-refractivity contribution in [1.29, 1.82) is 0 Å². The van der Waals surface area contributed by atoms with Crippen LogP contribution in [0.3, 0.4) is 0 Å². The largest absolute Gasteiger partial charge is 0.507 e. The van der Waals surface area contributed by atoms with E-state index in [0.717, 1.165) is 24.3 Å². The van der Waals surface area contributed by atoms with Gasteiger partial charge in [-0.25, -0.2) is 4.98 Å². The Balaban J connectivity index is 0.00000193. The molecule has 0 bridgehead atoms. The fourth-order valence-corrected chi connectivity index (χ4v) is 3.34. The summed E-state index contributed by atoms with van der Waals surface area (Å²) >= 11 is 0. The molecule has 0 spiro atoms. The molecule has 30 heavy (non-hydrogen) atoms. The monoisotopic (exact) mass is 454 g/mol. The Labute approximate surface area is 192 Å². The number of nitrogens with zero attached hydrogens (tertiary/aromatic N) is 6. The summed E-state index contributed by atoms with van der Waals surface area (Å²) in [6, 6.07) is 5.41. The lowest BCUT2D eigenvalue weighted by Gasteiger charge is -2.35. The number of anilines is 1. The van der Waals surface area contributed by atoms with Crippen molar-refractivity contribution in [3.63, 3.8) is 0 Å². The fraction of sp³-hybridized carbons (Fsp3) is 0.400. The van der Waals surface area contributed by atoms with Gasteiger partial charge in [0.05, 0.1) is 12.4 Å². The van der Waals surface area contributed by atoms with E-state index in [2.05, 4.69) is 44.3 Å². The van der Waals surface area contributed by atoms with Crippen LogP contribution in [0, 0.1) is 5.92 Å².